The Hall–Kier alpha value is -1.03. The molecule has 2 atom stereocenters. The van der Waals surface area contributed by atoms with Gasteiger partial charge in [0.1, 0.15) is 5.60 Å². The number of carbonyl (C=O) groups is 1. The summed E-state index contributed by atoms with van der Waals surface area (Å²) in [5.74, 6) is 0.365. The smallest absolute Gasteiger partial charge is 0.407 e. The fourth-order valence-corrected chi connectivity index (χ4v) is 1.41. The third-order valence-electron chi connectivity index (χ3n) is 2.08. The van der Waals surface area contributed by atoms with Gasteiger partial charge in [-0.1, -0.05) is 19.9 Å². The van der Waals surface area contributed by atoms with Gasteiger partial charge in [-0.15, -0.1) is 6.58 Å². The van der Waals surface area contributed by atoms with Crippen molar-refractivity contribution >= 4 is 6.09 Å². The van der Waals surface area contributed by atoms with Crippen molar-refractivity contribution in [1.82, 2.24) is 5.32 Å². The largest absolute Gasteiger partial charge is 0.444 e. The van der Waals surface area contributed by atoms with Crippen LogP contribution >= 0.6 is 0 Å². The summed E-state index contributed by atoms with van der Waals surface area (Å²) in [7, 11) is 0. The van der Waals surface area contributed by atoms with Crippen molar-refractivity contribution < 1.29 is 14.6 Å². The molecule has 100 valence electrons. The van der Waals surface area contributed by atoms with Crippen LogP contribution in [0.25, 0.3) is 0 Å². The first-order valence-electron chi connectivity index (χ1n) is 5.96. The standard InChI is InChI=1S/C13H25NO3/c1-7-11(15)10(8-9(2)3)14-12(16)17-13(4,5)6/h7,9-11,15H,1,8H2,2-6H3,(H,14,16)/t10?,11-/m0/s1. The van der Waals surface area contributed by atoms with Crippen LogP contribution in [-0.2, 0) is 4.74 Å². The van der Waals surface area contributed by atoms with Crippen LogP contribution in [0.5, 0.6) is 0 Å². The first-order chi connectivity index (χ1) is 7.65. The van der Waals surface area contributed by atoms with Crippen LogP contribution in [0.15, 0.2) is 12.7 Å². The number of rotatable bonds is 5. The van der Waals surface area contributed by atoms with Crippen LogP contribution in [0, 0.1) is 5.92 Å². The molecule has 0 aliphatic heterocycles. The molecule has 0 aromatic carbocycles. The zero-order chi connectivity index (χ0) is 13.6. The van der Waals surface area contributed by atoms with E-state index >= 15 is 0 Å². The second-order valence-electron chi connectivity index (χ2n) is 5.61. The fraction of sp³-hybridized carbons (Fsp3) is 0.769. The Morgan fingerprint density at radius 3 is 2.35 bits per heavy atom. The second-order valence-corrected chi connectivity index (χ2v) is 5.61. The van der Waals surface area contributed by atoms with Crippen LogP contribution in [0.3, 0.4) is 0 Å². The molecule has 0 fully saturated rings. The van der Waals surface area contributed by atoms with Crippen LogP contribution in [0.1, 0.15) is 41.0 Å². The summed E-state index contributed by atoms with van der Waals surface area (Å²) in [5.41, 5.74) is -0.536. The van der Waals surface area contributed by atoms with Crippen LogP contribution in [0.4, 0.5) is 4.79 Å². The van der Waals surface area contributed by atoms with Crippen molar-refractivity contribution in [2.24, 2.45) is 5.92 Å². The third kappa shape index (κ3) is 7.80. The van der Waals surface area contributed by atoms with Crippen molar-refractivity contribution in [3.8, 4) is 0 Å². The van der Waals surface area contributed by atoms with Crippen molar-refractivity contribution in [1.29, 1.82) is 0 Å². The normalized spacial score (nSPS) is 15.2. The third-order valence-corrected chi connectivity index (χ3v) is 2.08. The molecule has 1 amide bonds. The monoisotopic (exact) mass is 243 g/mol. The Labute approximate surface area is 104 Å². The summed E-state index contributed by atoms with van der Waals surface area (Å²) < 4.78 is 5.15. The number of alkyl carbamates (subject to hydrolysis) is 1. The summed E-state index contributed by atoms with van der Waals surface area (Å²) in [4.78, 5) is 11.6. The van der Waals surface area contributed by atoms with Gasteiger partial charge in [0, 0.05) is 0 Å². The van der Waals surface area contributed by atoms with E-state index in [1.54, 1.807) is 20.8 Å². The lowest BCUT2D eigenvalue weighted by Gasteiger charge is -2.26. The van der Waals surface area contributed by atoms with E-state index in [0.717, 1.165) is 0 Å². The summed E-state index contributed by atoms with van der Waals surface area (Å²) in [6, 6.07) is -0.359. The van der Waals surface area contributed by atoms with E-state index in [-0.39, 0.29) is 6.04 Å². The summed E-state index contributed by atoms with van der Waals surface area (Å²) in [6.45, 7) is 13.0. The van der Waals surface area contributed by atoms with Gasteiger partial charge in [0.15, 0.2) is 0 Å². The number of aliphatic hydroxyl groups excluding tert-OH is 1. The molecule has 0 spiro atoms. The van der Waals surface area contributed by atoms with E-state index in [1.165, 1.54) is 6.08 Å². The highest BCUT2D eigenvalue weighted by Gasteiger charge is 2.23. The quantitative estimate of drug-likeness (QED) is 0.729. The van der Waals surface area contributed by atoms with E-state index in [2.05, 4.69) is 11.9 Å². The minimum atomic E-state index is -0.759. The molecule has 0 radical (unpaired) electrons. The molecule has 2 N–H and O–H groups in total. The number of hydrogen-bond donors (Lipinski definition) is 2. The Kier molecular flexibility index (Phi) is 6.24. The molecule has 0 aliphatic rings. The second kappa shape index (κ2) is 6.64. The molecule has 0 aliphatic carbocycles. The molecule has 4 nitrogen and oxygen atoms in total. The van der Waals surface area contributed by atoms with Gasteiger partial charge in [0.25, 0.3) is 0 Å². The van der Waals surface area contributed by atoms with Gasteiger partial charge >= 0.3 is 6.09 Å². The summed E-state index contributed by atoms with van der Waals surface area (Å²) >= 11 is 0. The maximum atomic E-state index is 11.6. The number of hydrogen-bond acceptors (Lipinski definition) is 3. The van der Waals surface area contributed by atoms with Gasteiger partial charge in [-0.25, -0.2) is 4.79 Å². The van der Waals surface area contributed by atoms with Gasteiger partial charge in [0.2, 0.25) is 0 Å². The molecule has 1 unspecified atom stereocenters. The first kappa shape index (κ1) is 16.0. The first-order valence-corrected chi connectivity index (χ1v) is 5.96. The molecule has 17 heavy (non-hydrogen) atoms. The topological polar surface area (TPSA) is 58.6 Å². The highest BCUT2D eigenvalue weighted by molar-refractivity contribution is 5.68. The molecule has 0 saturated heterocycles. The van der Waals surface area contributed by atoms with Crippen molar-refractivity contribution in [3.05, 3.63) is 12.7 Å². The number of ether oxygens (including phenoxy) is 1. The lowest BCUT2D eigenvalue weighted by atomic mass is 9.99. The SMILES string of the molecule is C=C[C@H](O)C(CC(C)C)NC(=O)OC(C)(C)C. The van der Waals surface area contributed by atoms with E-state index in [1.807, 2.05) is 13.8 Å². The lowest BCUT2D eigenvalue weighted by Crippen LogP contribution is -2.45. The summed E-state index contributed by atoms with van der Waals surface area (Å²) in [6.07, 6.45) is 0.825. The van der Waals surface area contributed by atoms with Gasteiger partial charge in [-0.2, -0.15) is 0 Å². The fourth-order valence-electron chi connectivity index (χ4n) is 1.41. The zero-order valence-electron chi connectivity index (χ0n) is 11.5. The van der Waals surface area contributed by atoms with E-state index in [4.69, 9.17) is 4.74 Å². The molecule has 0 heterocycles. The minimum absolute atomic E-state index is 0.359. The van der Waals surface area contributed by atoms with Crippen LogP contribution in [0.2, 0.25) is 0 Å². The molecule has 4 heteroatoms. The van der Waals surface area contributed by atoms with Crippen LogP contribution < -0.4 is 5.32 Å². The maximum absolute atomic E-state index is 11.6. The maximum Gasteiger partial charge on any atom is 0.407 e. The minimum Gasteiger partial charge on any atom is -0.444 e. The molecule has 0 saturated carbocycles. The van der Waals surface area contributed by atoms with E-state index < -0.39 is 17.8 Å². The zero-order valence-corrected chi connectivity index (χ0v) is 11.5. The Balaban J connectivity index is 4.42. The number of amides is 1. The van der Waals surface area contributed by atoms with E-state index in [0.29, 0.717) is 12.3 Å². The van der Waals surface area contributed by atoms with Gasteiger partial charge in [-0.3, -0.25) is 0 Å². The van der Waals surface area contributed by atoms with Crippen molar-refractivity contribution in [3.63, 3.8) is 0 Å². The molecular formula is C13H25NO3. The molecule has 0 rings (SSSR count). The molecule has 0 aromatic rings. The van der Waals surface area contributed by atoms with Gasteiger partial charge in [-0.05, 0) is 33.1 Å². The molecule has 0 aromatic heterocycles. The van der Waals surface area contributed by atoms with Crippen LogP contribution in [-0.4, -0.2) is 28.9 Å². The highest BCUT2D eigenvalue weighted by Crippen LogP contribution is 2.11. The van der Waals surface area contributed by atoms with Gasteiger partial charge < -0.3 is 15.2 Å². The Morgan fingerprint density at radius 1 is 1.47 bits per heavy atom. The average Bonchev–Trinajstić information content (AvgIpc) is 2.11. The number of aliphatic hydroxyl groups is 1. The lowest BCUT2D eigenvalue weighted by molar-refractivity contribution is 0.0442. The number of nitrogens with one attached hydrogen (secondary N) is 1. The Bertz CT molecular complexity index is 256. The summed E-state index contributed by atoms with van der Waals surface area (Å²) in [5, 5.41) is 12.4. The predicted octanol–water partition coefficient (Wildman–Crippen LogP) is 2.47. The molecule has 0 bridgehead atoms. The highest BCUT2D eigenvalue weighted by atomic mass is 16.6. The van der Waals surface area contributed by atoms with Crippen molar-refractivity contribution in [2.75, 3.05) is 0 Å². The van der Waals surface area contributed by atoms with Crippen molar-refractivity contribution in [2.45, 2.75) is 58.8 Å². The molecular weight excluding hydrogens is 218 g/mol. The van der Waals surface area contributed by atoms with Gasteiger partial charge in [0.05, 0.1) is 12.1 Å². The predicted molar refractivity (Wildman–Crippen MR) is 68.8 cm³/mol. The number of carbonyl (C=O) groups excluding carboxylic acids is 1. The average molecular weight is 243 g/mol. The van der Waals surface area contributed by atoms with E-state index in [9.17, 15) is 9.90 Å². The Morgan fingerprint density at radius 2 is 2.00 bits per heavy atom.